The molecule has 4 nitrogen and oxygen atoms in total. The topological polar surface area (TPSA) is 44.5 Å². The zero-order valence-corrected chi connectivity index (χ0v) is 11.4. The summed E-state index contributed by atoms with van der Waals surface area (Å²) < 4.78 is 0. The number of hydrogen-bond donors (Lipinski definition) is 2. The molecule has 1 aliphatic heterocycles. The molecule has 0 aromatic heterocycles. The van der Waals surface area contributed by atoms with Crippen molar-refractivity contribution < 1.29 is 0 Å². The van der Waals surface area contributed by atoms with Gasteiger partial charge >= 0.3 is 0 Å². The molecular weight excluding hydrogens is 224 g/mol. The quantitative estimate of drug-likeness (QED) is 0.825. The maximum absolute atomic E-state index is 5.92. The van der Waals surface area contributed by atoms with Gasteiger partial charge in [-0.3, -0.25) is 0 Å². The molecule has 0 amide bonds. The number of hydrazine groups is 1. The summed E-state index contributed by atoms with van der Waals surface area (Å²) in [5, 5.41) is 2.30. The van der Waals surface area contributed by atoms with Gasteiger partial charge in [0, 0.05) is 32.7 Å². The Labute approximate surface area is 110 Å². The molecule has 1 aromatic rings. The number of benzene rings is 1. The Kier molecular flexibility index (Phi) is 4.72. The van der Waals surface area contributed by atoms with Gasteiger partial charge in [-0.25, -0.2) is 10.4 Å². The van der Waals surface area contributed by atoms with E-state index < -0.39 is 0 Å². The van der Waals surface area contributed by atoms with E-state index in [1.54, 1.807) is 0 Å². The van der Waals surface area contributed by atoms with Crippen molar-refractivity contribution in [1.29, 1.82) is 0 Å². The highest BCUT2D eigenvalue weighted by Gasteiger charge is 2.18. The van der Waals surface area contributed by atoms with Crippen LogP contribution < -0.4 is 11.2 Å². The Balaban J connectivity index is 1.99. The van der Waals surface area contributed by atoms with Gasteiger partial charge in [0.1, 0.15) is 0 Å². The third kappa shape index (κ3) is 3.29. The molecule has 1 fully saturated rings. The van der Waals surface area contributed by atoms with Crippen molar-refractivity contribution in [3.63, 3.8) is 0 Å². The monoisotopic (exact) mass is 248 g/mol. The second-order valence-corrected chi connectivity index (χ2v) is 5.06. The molecule has 2 rings (SSSR count). The number of aryl methyl sites for hydroxylation is 1. The van der Waals surface area contributed by atoms with Gasteiger partial charge in [0.15, 0.2) is 0 Å². The number of rotatable bonds is 4. The predicted molar refractivity (Wildman–Crippen MR) is 75.2 cm³/mol. The zero-order chi connectivity index (χ0) is 13.0. The molecule has 1 aromatic carbocycles. The van der Waals surface area contributed by atoms with Crippen molar-refractivity contribution in [2.75, 3.05) is 39.8 Å². The van der Waals surface area contributed by atoms with Crippen LogP contribution in [0.15, 0.2) is 24.3 Å². The van der Waals surface area contributed by atoms with Crippen molar-refractivity contribution in [3.05, 3.63) is 35.4 Å². The molecule has 1 heterocycles. The summed E-state index contributed by atoms with van der Waals surface area (Å²) in [6.07, 6.45) is 0. The summed E-state index contributed by atoms with van der Waals surface area (Å²) in [6, 6.07) is 8.67. The van der Waals surface area contributed by atoms with Crippen LogP contribution in [0, 0.1) is 6.92 Å². The Morgan fingerprint density at radius 2 is 1.89 bits per heavy atom. The van der Waals surface area contributed by atoms with Gasteiger partial charge in [-0.05, 0) is 25.1 Å². The van der Waals surface area contributed by atoms with E-state index in [9.17, 15) is 0 Å². The first kappa shape index (κ1) is 13.5. The third-order valence-electron chi connectivity index (χ3n) is 3.64. The Bertz CT molecular complexity index is 372. The highest BCUT2D eigenvalue weighted by atomic mass is 15.5. The third-order valence-corrected chi connectivity index (χ3v) is 3.64. The van der Waals surface area contributed by atoms with E-state index >= 15 is 0 Å². The lowest BCUT2D eigenvalue weighted by Gasteiger charge is -2.35. The smallest absolute Gasteiger partial charge is 0.0589 e. The molecule has 18 heavy (non-hydrogen) atoms. The van der Waals surface area contributed by atoms with Crippen LogP contribution in [0.25, 0.3) is 0 Å². The van der Waals surface area contributed by atoms with Crippen LogP contribution in [-0.4, -0.2) is 49.7 Å². The summed E-state index contributed by atoms with van der Waals surface area (Å²) in [6.45, 7) is 7.09. The molecule has 1 atom stereocenters. The fraction of sp³-hybridized carbons (Fsp3) is 0.571. The molecule has 0 bridgehead atoms. The molecular formula is C14H24N4. The summed E-state index contributed by atoms with van der Waals surface area (Å²) in [5.41, 5.74) is 12.1. The van der Waals surface area contributed by atoms with Gasteiger partial charge in [0.05, 0.1) is 6.04 Å². The number of nitrogens with two attached hydrogens (primary N) is 1. The first-order valence-corrected chi connectivity index (χ1v) is 6.66. The second kappa shape index (κ2) is 6.29. The molecule has 3 N–H and O–H groups in total. The van der Waals surface area contributed by atoms with Crippen molar-refractivity contribution in [2.24, 2.45) is 5.73 Å². The van der Waals surface area contributed by atoms with Crippen LogP contribution in [0.2, 0.25) is 0 Å². The average molecular weight is 248 g/mol. The lowest BCUT2D eigenvalue weighted by Crippen LogP contribution is -2.52. The van der Waals surface area contributed by atoms with Gasteiger partial charge < -0.3 is 10.6 Å². The number of piperazine rings is 1. The fourth-order valence-electron chi connectivity index (χ4n) is 2.38. The molecule has 100 valence electrons. The summed E-state index contributed by atoms with van der Waals surface area (Å²) in [5.74, 6) is 0. The Hall–Kier alpha value is -0.940. The van der Waals surface area contributed by atoms with E-state index in [4.69, 9.17) is 5.73 Å². The molecule has 0 saturated carbocycles. The van der Waals surface area contributed by atoms with E-state index in [0.29, 0.717) is 6.54 Å². The highest BCUT2D eigenvalue weighted by Crippen LogP contribution is 2.17. The Morgan fingerprint density at radius 1 is 1.22 bits per heavy atom. The first-order chi connectivity index (χ1) is 8.70. The number of nitrogens with zero attached hydrogens (tertiary/aromatic N) is 2. The molecule has 0 aliphatic carbocycles. The minimum Gasteiger partial charge on any atom is -0.329 e. The standard InChI is InChI=1S/C14H24N4/c1-12-5-3-4-6-13(12)14(11-15)16-18-9-7-17(2)8-10-18/h3-6,14,16H,7-11,15H2,1-2H3. The van der Waals surface area contributed by atoms with Gasteiger partial charge in [0.2, 0.25) is 0 Å². The lowest BCUT2D eigenvalue weighted by atomic mass is 10.0. The number of likely N-dealkylation sites (N-methyl/N-ethyl adjacent to an activating group) is 1. The minimum absolute atomic E-state index is 0.217. The zero-order valence-electron chi connectivity index (χ0n) is 11.4. The van der Waals surface area contributed by atoms with E-state index in [2.05, 4.69) is 53.6 Å². The largest absolute Gasteiger partial charge is 0.329 e. The normalized spacial score (nSPS) is 19.9. The maximum Gasteiger partial charge on any atom is 0.0589 e. The van der Waals surface area contributed by atoms with Crippen molar-refractivity contribution in [2.45, 2.75) is 13.0 Å². The van der Waals surface area contributed by atoms with Gasteiger partial charge in [0.25, 0.3) is 0 Å². The van der Waals surface area contributed by atoms with E-state index in [0.717, 1.165) is 26.2 Å². The molecule has 0 spiro atoms. The van der Waals surface area contributed by atoms with Crippen LogP contribution in [-0.2, 0) is 0 Å². The Morgan fingerprint density at radius 3 is 2.50 bits per heavy atom. The molecule has 1 saturated heterocycles. The lowest BCUT2D eigenvalue weighted by molar-refractivity contribution is 0.0879. The van der Waals surface area contributed by atoms with Crippen molar-refractivity contribution >= 4 is 0 Å². The second-order valence-electron chi connectivity index (χ2n) is 5.06. The highest BCUT2D eigenvalue weighted by molar-refractivity contribution is 5.28. The van der Waals surface area contributed by atoms with E-state index in [1.165, 1.54) is 11.1 Å². The van der Waals surface area contributed by atoms with Crippen molar-refractivity contribution in [1.82, 2.24) is 15.3 Å². The van der Waals surface area contributed by atoms with Crippen LogP contribution in [0.1, 0.15) is 17.2 Å². The van der Waals surface area contributed by atoms with Crippen LogP contribution in [0.5, 0.6) is 0 Å². The number of nitrogens with one attached hydrogen (secondary N) is 1. The summed E-state index contributed by atoms with van der Waals surface area (Å²) >= 11 is 0. The predicted octanol–water partition coefficient (Wildman–Crippen LogP) is 0.747. The molecule has 4 heteroatoms. The molecule has 1 unspecified atom stereocenters. The maximum atomic E-state index is 5.92. The van der Waals surface area contributed by atoms with Crippen LogP contribution in [0.4, 0.5) is 0 Å². The molecule has 1 aliphatic rings. The first-order valence-electron chi connectivity index (χ1n) is 6.66. The molecule has 0 radical (unpaired) electrons. The van der Waals surface area contributed by atoms with Gasteiger partial charge in [-0.2, -0.15) is 0 Å². The summed E-state index contributed by atoms with van der Waals surface area (Å²) in [7, 11) is 2.17. The average Bonchev–Trinajstić information content (AvgIpc) is 2.39. The van der Waals surface area contributed by atoms with E-state index in [1.807, 2.05) is 0 Å². The number of hydrogen-bond acceptors (Lipinski definition) is 4. The minimum atomic E-state index is 0.217. The van der Waals surface area contributed by atoms with Gasteiger partial charge in [-0.1, -0.05) is 24.3 Å². The summed E-state index contributed by atoms with van der Waals surface area (Å²) in [4.78, 5) is 2.35. The van der Waals surface area contributed by atoms with Gasteiger partial charge in [-0.15, -0.1) is 0 Å². The van der Waals surface area contributed by atoms with Crippen LogP contribution in [0.3, 0.4) is 0 Å². The van der Waals surface area contributed by atoms with Crippen molar-refractivity contribution in [3.8, 4) is 0 Å². The van der Waals surface area contributed by atoms with E-state index in [-0.39, 0.29) is 6.04 Å². The van der Waals surface area contributed by atoms with Crippen LogP contribution >= 0.6 is 0 Å². The SMILES string of the molecule is Cc1ccccc1C(CN)NN1CCN(C)CC1. The fourth-order valence-corrected chi connectivity index (χ4v) is 2.38.